The van der Waals surface area contributed by atoms with E-state index in [1.54, 1.807) is 7.11 Å². The molecule has 0 aliphatic carbocycles. The largest absolute Gasteiger partial charge is 0.496 e. The molecule has 1 heterocycles. The van der Waals surface area contributed by atoms with Crippen molar-refractivity contribution >= 4 is 0 Å². The van der Waals surface area contributed by atoms with Gasteiger partial charge >= 0.3 is 0 Å². The maximum Gasteiger partial charge on any atom is 0.127 e. The second-order valence-corrected chi connectivity index (χ2v) is 7.98. The minimum atomic E-state index is -0.492. The predicted octanol–water partition coefficient (Wildman–Crippen LogP) is 4.52. The lowest BCUT2D eigenvalue weighted by molar-refractivity contribution is 0.159. The van der Waals surface area contributed by atoms with Gasteiger partial charge in [-0.05, 0) is 30.9 Å². The highest BCUT2D eigenvalue weighted by molar-refractivity contribution is 5.41. The maximum absolute atomic E-state index is 9.90. The summed E-state index contributed by atoms with van der Waals surface area (Å²) in [4.78, 5) is 2.43. The molecule has 0 unspecified atom stereocenters. The van der Waals surface area contributed by atoms with E-state index in [0.29, 0.717) is 13.2 Å². The molecule has 1 fully saturated rings. The van der Waals surface area contributed by atoms with Crippen LogP contribution in [0.5, 0.6) is 11.5 Å². The molecule has 0 bridgehead atoms. The Morgan fingerprint density at radius 3 is 2.57 bits per heavy atom. The van der Waals surface area contributed by atoms with Crippen LogP contribution in [-0.2, 0) is 13.1 Å². The molecule has 1 aliphatic heterocycles. The summed E-state index contributed by atoms with van der Waals surface area (Å²) in [6, 6.07) is 19.0. The van der Waals surface area contributed by atoms with Gasteiger partial charge < -0.3 is 9.47 Å². The van der Waals surface area contributed by atoms with Crippen LogP contribution in [-0.4, -0.2) is 37.2 Å². The topological polar surface area (TPSA) is 57.5 Å². The molecular weight excluding hydrogens is 374 g/mol. The molecular formula is C25H33N3O2. The van der Waals surface area contributed by atoms with Crippen molar-refractivity contribution in [1.82, 2.24) is 10.2 Å². The third kappa shape index (κ3) is 5.98. The third-order valence-electron chi connectivity index (χ3n) is 5.82. The smallest absolute Gasteiger partial charge is 0.127 e. The van der Waals surface area contributed by atoms with Gasteiger partial charge in [0.1, 0.15) is 17.0 Å². The minimum absolute atomic E-state index is 0.492. The Morgan fingerprint density at radius 1 is 1.13 bits per heavy atom. The van der Waals surface area contributed by atoms with Gasteiger partial charge in [0.25, 0.3) is 0 Å². The summed E-state index contributed by atoms with van der Waals surface area (Å²) in [7, 11) is 1.68. The molecule has 0 spiro atoms. The van der Waals surface area contributed by atoms with Crippen LogP contribution >= 0.6 is 0 Å². The number of nitrogens with one attached hydrogen (secondary N) is 1. The number of benzene rings is 2. The Kier molecular flexibility index (Phi) is 8.12. The van der Waals surface area contributed by atoms with Crippen molar-refractivity contribution < 1.29 is 9.47 Å². The van der Waals surface area contributed by atoms with Gasteiger partial charge in [-0.1, -0.05) is 49.7 Å². The van der Waals surface area contributed by atoms with Crippen molar-refractivity contribution in [2.45, 2.75) is 51.2 Å². The summed E-state index contributed by atoms with van der Waals surface area (Å²) in [5, 5.41) is 13.4. The number of unbranched alkanes of at least 4 members (excludes halogenated alkanes) is 1. The van der Waals surface area contributed by atoms with Crippen LogP contribution in [0, 0.1) is 11.3 Å². The van der Waals surface area contributed by atoms with Crippen molar-refractivity contribution in [3.63, 3.8) is 0 Å². The lowest BCUT2D eigenvalue weighted by Crippen LogP contribution is -2.52. The van der Waals surface area contributed by atoms with Gasteiger partial charge in [-0.15, -0.1) is 0 Å². The molecule has 0 aromatic heterocycles. The Balaban J connectivity index is 1.55. The Bertz CT molecular complexity index is 824. The van der Waals surface area contributed by atoms with Gasteiger partial charge in [0.15, 0.2) is 0 Å². The van der Waals surface area contributed by atoms with E-state index < -0.39 is 5.54 Å². The van der Waals surface area contributed by atoms with Crippen LogP contribution in [0.3, 0.4) is 0 Å². The number of hydrogen-bond acceptors (Lipinski definition) is 5. The van der Waals surface area contributed by atoms with Crippen LogP contribution in [0.15, 0.2) is 48.5 Å². The van der Waals surface area contributed by atoms with Crippen LogP contribution in [0.2, 0.25) is 0 Å². The lowest BCUT2D eigenvalue weighted by Gasteiger charge is -2.38. The van der Waals surface area contributed by atoms with E-state index in [9.17, 15) is 5.26 Å². The molecule has 30 heavy (non-hydrogen) atoms. The zero-order chi connectivity index (χ0) is 21.2. The number of methoxy groups -OCH3 is 1. The summed E-state index contributed by atoms with van der Waals surface area (Å²) in [5.41, 5.74) is 1.87. The highest BCUT2D eigenvalue weighted by atomic mass is 16.5. The fourth-order valence-corrected chi connectivity index (χ4v) is 3.82. The molecule has 1 N–H and O–H groups in total. The molecule has 5 heteroatoms. The van der Waals surface area contributed by atoms with Crippen molar-refractivity contribution in [2.75, 3.05) is 26.8 Å². The normalized spacial score (nSPS) is 16.0. The number of ether oxygens (including phenoxy) is 2. The van der Waals surface area contributed by atoms with E-state index >= 15 is 0 Å². The van der Waals surface area contributed by atoms with Gasteiger partial charge in [0, 0.05) is 37.8 Å². The second kappa shape index (κ2) is 11.0. The number of nitriles is 1. The highest BCUT2D eigenvalue weighted by Gasteiger charge is 2.34. The van der Waals surface area contributed by atoms with Crippen molar-refractivity contribution in [2.24, 2.45) is 0 Å². The minimum Gasteiger partial charge on any atom is -0.496 e. The zero-order valence-corrected chi connectivity index (χ0v) is 18.2. The van der Waals surface area contributed by atoms with E-state index in [0.717, 1.165) is 62.4 Å². The molecule has 3 rings (SSSR count). The Labute approximate surface area is 180 Å². The summed E-state index contributed by atoms with van der Waals surface area (Å²) in [6.07, 6.45) is 3.78. The van der Waals surface area contributed by atoms with Crippen molar-refractivity contribution in [3.8, 4) is 17.6 Å². The first kappa shape index (κ1) is 22.1. The Morgan fingerprint density at radius 2 is 1.90 bits per heavy atom. The fourth-order valence-electron chi connectivity index (χ4n) is 3.82. The third-order valence-corrected chi connectivity index (χ3v) is 5.82. The second-order valence-electron chi connectivity index (χ2n) is 7.98. The molecule has 160 valence electrons. The van der Waals surface area contributed by atoms with Crippen LogP contribution < -0.4 is 14.8 Å². The first-order chi connectivity index (χ1) is 14.7. The summed E-state index contributed by atoms with van der Waals surface area (Å²) < 4.78 is 11.4. The SMILES string of the molecule is CCCCOc1ccc(CNC2(C#N)CCN(Cc3ccccc3)CC2)c(OC)c1. The van der Waals surface area contributed by atoms with Crippen LogP contribution in [0.4, 0.5) is 0 Å². The highest BCUT2D eigenvalue weighted by Crippen LogP contribution is 2.28. The molecule has 2 aromatic rings. The molecule has 0 saturated carbocycles. The summed E-state index contributed by atoms with van der Waals surface area (Å²) in [5.74, 6) is 1.62. The van der Waals surface area contributed by atoms with E-state index in [-0.39, 0.29) is 0 Å². The summed E-state index contributed by atoms with van der Waals surface area (Å²) in [6.45, 7) is 6.23. The van der Waals surface area contributed by atoms with Gasteiger partial charge in [0.05, 0.1) is 19.8 Å². The lowest BCUT2D eigenvalue weighted by atomic mass is 9.88. The first-order valence-corrected chi connectivity index (χ1v) is 10.9. The monoisotopic (exact) mass is 407 g/mol. The number of nitrogens with zero attached hydrogens (tertiary/aromatic N) is 2. The van der Waals surface area contributed by atoms with Crippen LogP contribution in [0.1, 0.15) is 43.7 Å². The molecule has 1 aliphatic rings. The van der Waals surface area contributed by atoms with E-state index in [2.05, 4.69) is 47.5 Å². The number of rotatable bonds is 10. The summed E-state index contributed by atoms with van der Waals surface area (Å²) >= 11 is 0. The average molecular weight is 408 g/mol. The Hall–Kier alpha value is -2.55. The number of likely N-dealkylation sites (tertiary alicyclic amines) is 1. The van der Waals surface area contributed by atoms with Crippen molar-refractivity contribution in [1.29, 1.82) is 5.26 Å². The molecule has 2 aromatic carbocycles. The van der Waals surface area contributed by atoms with E-state index in [1.807, 2.05) is 24.3 Å². The molecule has 0 amide bonds. The standard InChI is InChI=1S/C25H33N3O2/c1-3-4-16-30-23-11-10-22(24(17-23)29-2)18-27-25(20-26)12-14-28(15-13-25)19-21-8-6-5-7-9-21/h5-11,17,27H,3-4,12-16,18-19H2,1-2H3. The maximum atomic E-state index is 9.90. The van der Waals surface area contributed by atoms with Crippen LogP contribution in [0.25, 0.3) is 0 Å². The first-order valence-electron chi connectivity index (χ1n) is 10.9. The average Bonchev–Trinajstić information content (AvgIpc) is 2.80. The molecule has 1 saturated heterocycles. The molecule has 0 atom stereocenters. The quantitative estimate of drug-likeness (QED) is 0.587. The molecule has 0 radical (unpaired) electrons. The number of piperidine rings is 1. The van der Waals surface area contributed by atoms with E-state index in [4.69, 9.17) is 9.47 Å². The van der Waals surface area contributed by atoms with Gasteiger partial charge in [-0.3, -0.25) is 10.2 Å². The van der Waals surface area contributed by atoms with Crippen molar-refractivity contribution in [3.05, 3.63) is 59.7 Å². The van der Waals surface area contributed by atoms with Gasteiger partial charge in [0.2, 0.25) is 0 Å². The fraction of sp³-hybridized carbons (Fsp3) is 0.480. The van der Waals surface area contributed by atoms with Gasteiger partial charge in [-0.2, -0.15) is 5.26 Å². The predicted molar refractivity (Wildman–Crippen MR) is 120 cm³/mol. The van der Waals surface area contributed by atoms with Gasteiger partial charge in [-0.25, -0.2) is 0 Å². The zero-order valence-electron chi connectivity index (χ0n) is 18.2. The molecule has 5 nitrogen and oxygen atoms in total. The number of hydrogen-bond donors (Lipinski definition) is 1. The van der Waals surface area contributed by atoms with E-state index in [1.165, 1.54) is 5.56 Å².